The van der Waals surface area contributed by atoms with Crippen LogP contribution in [-0.2, 0) is 20.2 Å². The number of fused-ring (bicyclic) bond motifs is 1. The lowest BCUT2D eigenvalue weighted by Crippen LogP contribution is -2.48. The maximum Gasteiger partial charge on any atom is 0.254 e. The highest BCUT2D eigenvalue weighted by Gasteiger charge is 2.53. The summed E-state index contributed by atoms with van der Waals surface area (Å²) in [5.74, 6) is -1.25. The van der Waals surface area contributed by atoms with Gasteiger partial charge in [-0.15, -0.1) is 0 Å². The molecular formula is C23H19Cl2FN2O5S. The molecule has 1 amide bonds. The van der Waals surface area contributed by atoms with E-state index in [1.165, 1.54) is 39.5 Å². The summed E-state index contributed by atoms with van der Waals surface area (Å²) in [4.78, 5) is 12.6. The summed E-state index contributed by atoms with van der Waals surface area (Å²) in [5.41, 5.74) is -2.12. The number of nitrogens with one attached hydrogen (secondary N) is 2. The van der Waals surface area contributed by atoms with Crippen molar-refractivity contribution in [1.29, 1.82) is 0 Å². The van der Waals surface area contributed by atoms with Crippen molar-refractivity contribution in [2.24, 2.45) is 0 Å². The van der Waals surface area contributed by atoms with Crippen LogP contribution in [0.1, 0.15) is 11.1 Å². The number of halogens is 3. The Kier molecular flexibility index (Phi) is 6.24. The second-order valence-electron chi connectivity index (χ2n) is 7.37. The van der Waals surface area contributed by atoms with Crippen molar-refractivity contribution >= 4 is 44.6 Å². The molecule has 0 radical (unpaired) electrons. The van der Waals surface area contributed by atoms with E-state index in [9.17, 15) is 13.2 Å². The van der Waals surface area contributed by atoms with Gasteiger partial charge in [0.05, 0.1) is 29.8 Å². The van der Waals surface area contributed by atoms with E-state index in [1.54, 1.807) is 24.3 Å². The highest BCUT2D eigenvalue weighted by Crippen LogP contribution is 2.51. The van der Waals surface area contributed by atoms with Crippen LogP contribution in [0.4, 0.5) is 10.1 Å². The largest absolute Gasteiger partial charge is 0.497 e. The first kappa shape index (κ1) is 24.3. The minimum atomic E-state index is -4.46. The average Bonchev–Trinajstić information content (AvgIpc) is 3.11. The zero-order valence-corrected chi connectivity index (χ0v) is 20.5. The Hall–Kier alpha value is -2.85. The number of carbonyl (C=O) groups excluding carboxylic acids is 1. The second kappa shape index (κ2) is 8.74. The third kappa shape index (κ3) is 3.42. The Bertz CT molecular complexity index is 1430. The molecule has 0 saturated carbocycles. The van der Waals surface area contributed by atoms with Crippen LogP contribution < -0.4 is 20.1 Å². The van der Waals surface area contributed by atoms with E-state index in [4.69, 9.17) is 32.7 Å². The molecule has 7 nitrogen and oxygen atoms in total. The first-order chi connectivity index (χ1) is 16.1. The summed E-state index contributed by atoms with van der Waals surface area (Å²) >= 11 is 12.8. The number of sulfone groups is 1. The molecule has 1 heterocycles. The summed E-state index contributed by atoms with van der Waals surface area (Å²) in [6, 6.07) is 11.4. The standard InChI is InChI=1S/C23H19Cl2FN2O5S/c1-27-23(13-6-4-5-7-14(13)24)19-20(28-22(23)29)16(26)11-15(25)21(19)34(30,31)18-9-8-12(32-2)10-17(18)33-3/h4-11,27H,1-3H3,(H,28,29). The quantitative estimate of drug-likeness (QED) is 0.464. The van der Waals surface area contributed by atoms with E-state index in [1.807, 2.05) is 0 Å². The topological polar surface area (TPSA) is 93.7 Å². The Morgan fingerprint density at radius 3 is 2.35 bits per heavy atom. The van der Waals surface area contributed by atoms with Gasteiger partial charge in [-0.25, -0.2) is 12.8 Å². The fourth-order valence-electron chi connectivity index (χ4n) is 4.17. The van der Waals surface area contributed by atoms with E-state index in [-0.39, 0.29) is 32.5 Å². The van der Waals surface area contributed by atoms with E-state index < -0.39 is 37.0 Å². The Morgan fingerprint density at radius 2 is 1.74 bits per heavy atom. The summed E-state index contributed by atoms with van der Waals surface area (Å²) in [5, 5.41) is 5.10. The monoisotopic (exact) mass is 524 g/mol. The number of hydrogen-bond donors (Lipinski definition) is 2. The molecule has 178 valence electrons. The first-order valence-corrected chi connectivity index (χ1v) is 12.1. The average molecular weight is 525 g/mol. The van der Waals surface area contributed by atoms with Crippen LogP contribution in [0.25, 0.3) is 0 Å². The molecule has 34 heavy (non-hydrogen) atoms. The van der Waals surface area contributed by atoms with Gasteiger partial charge in [0.1, 0.15) is 22.2 Å². The smallest absolute Gasteiger partial charge is 0.254 e. The molecule has 0 fully saturated rings. The van der Waals surface area contributed by atoms with Crippen LogP contribution >= 0.6 is 23.2 Å². The summed E-state index contributed by atoms with van der Waals surface area (Å²) in [7, 11) is -0.285. The Labute approximate surface area is 205 Å². The van der Waals surface area contributed by atoms with E-state index in [2.05, 4.69) is 10.6 Å². The zero-order chi connectivity index (χ0) is 24.8. The van der Waals surface area contributed by atoms with Crippen LogP contribution in [0.5, 0.6) is 11.5 Å². The van der Waals surface area contributed by atoms with Gasteiger partial charge >= 0.3 is 0 Å². The molecule has 1 atom stereocenters. The van der Waals surface area contributed by atoms with E-state index >= 15 is 4.39 Å². The third-order valence-electron chi connectivity index (χ3n) is 5.72. The van der Waals surface area contributed by atoms with Crippen LogP contribution in [0.3, 0.4) is 0 Å². The van der Waals surface area contributed by atoms with Crippen molar-refractivity contribution in [2.75, 3.05) is 26.6 Å². The van der Waals surface area contributed by atoms with Crippen molar-refractivity contribution in [3.8, 4) is 11.5 Å². The van der Waals surface area contributed by atoms with Crippen molar-refractivity contribution in [3.63, 3.8) is 0 Å². The molecule has 0 saturated heterocycles. The number of ether oxygens (including phenoxy) is 2. The van der Waals surface area contributed by atoms with Gasteiger partial charge in [0, 0.05) is 22.2 Å². The lowest BCUT2D eigenvalue weighted by molar-refractivity contribution is -0.120. The molecule has 4 rings (SSSR count). The number of likely N-dealkylation sites (N-methyl/N-ethyl adjacent to an activating group) is 1. The van der Waals surface area contributed by atoms with Gasteiger partial charge < -0.3 is 14.8 Å². The molecule has 11 heteroatoms. The Balaban J connectivity index is 2.13. The minimum Gasteiger partial charge on any atom is -0.497 e. The fourth-order valence-corrected chi connectivity index (χ4v) is 6.65. The normalized spacial score (nSPS) is 17.3. The summed E-state index contributed by atoms with van der Waals surface area (Å²) in [6.07, 6.45) is 0. The van der Waals surface area contributed by atoms with Crippen LogP contribution in [0.2, 0.25) is 10.0 Å². The number of anilines is 1. The van der Waals surface area contributed by atoms with Gasteiger partial charge in [-0.2, -0.15) is 0 Å². The molecule has 1 aliphatic heterocycles. The highest BCUT2D eigenvalue weighted by atomic mass is 35.5. The number of hydrogen-bond acceptors (Lipinski definition) is 6. The van der Waals surface area contributed by atoms with Gasteiger partial charge in [-0.3, -0.25) is 10.1 Å². The molecule has 0 bridgehead atoms. The van der Waals surface area contributed by atoms with Gasteiger partial charge in [0.15, 0.2) is 5.54 Å². The van der Waals surface area contributed by atoms with Crippen LogP contribution in [-0.4, -0.2) is 35.6 Å². The second-order valence-corrected chi connectivity index (χ2v) is 10.0. The SMILES string of the molecule is CNC1(c2ccccc2Cl)C(=O)Nc2c(F)cc(Cl)c(S(=O)(=O)c3ccc(OC)cc3OC)c21. The minimum absolute atomic E-state index is 0.0152. The van der Waals surface area contributed by atoms with Crippen LogP contribution in [0, 0.1) is 5.82 Å². The molecule has 2 N–H and O–H groups in total. The molecule has 0 aromatic heterocycles. The molecule has 0 aliphatic carbocycles. The van der Waals surface area contributed by atoms with E-state index in [0.717, 1.165) is 6.07 Å². The summed E-state index contributed by atoms with van der Waals surface area (Å²) < 4.78 is 53.5. The molecule has 0 spiro atoms. The number of rotatable bonds is 6. The number of methoxy groups -OCH3 is 2. The maximum absolute atomic E-state index is 15.0. The molecule has 3 aromatic rings. The van der Waals surface area contributed by atoms with Gasteiger partial charge in [-0.05, 0) is 31.3 Å². The lowest BCUT2D eigenvalue weighted by Gasteiger charge is -2.30. The number of amides is 1. The molecular weight excluding hydrogens is 506 g/mol. The van der Waals surface area contributed by atoms with Crippen molar-refractivity contribution in [3.05, 3.63) is 75.5 Å². The number of carbonyl (C=O) groups is 1. The predicted octanol–water partition coefficient (Wildman–Crippen LogP) is 4.40. The molecule has 3 aromatic carbocycles. The van der Waals surface area contributed by atoms with Crippen molar-refractivity contribution in [2.45, 2.75) is 15.3 Å². The maximum atomic E-state index is 15.0. The highest BCUT2D eigenvalue weighted by molar-refractivity contribution is 7.91. The zero-order valence-electron chi connectivity index (χ0n) is 18.2. The van der Waals surface area contributed by atoms with Crippen LogP contribution in [0.15, 0.2) is 58.3 Å². The fraction of sp³-hybridized carbons (Fsp3) is 0.174. The van der Waals surface area contributed by atoms with Crippen molar-refractivity contribution in [1.82, 2.24) is 5.32 Å². The lowest BCUT2D eigenvalue weighted by atomic mass is 9.83. The predicted molar refractivity (Wildman–Crippen MR) is 126 cm³/mol. The van der Waals surface area contributed by atoms with Gasteiger partial charge in [0.25, 0.3) is 5.91 Å². The van der Waals surface area contributed by atoms with Crippen molar-refractivity contribution < 1.29 is 27.1 Å². The number of benzene rings is 3. The van der Waals surface area contributed by atoms with E-state index in [0.29, 0.717) is 5.75 Å². The van der Waals surface area contributed by atoms with Gasteiger partial charge in [0.2, 0.25) is 9.84 Å². The molecule has 1 unspecified atom stereocenters. The summed E-state index contributed by atoms with van der Waals surface area (Å²) in [6.45, 7) is 0. The van der Waals surface area contributed by atoms with Gasteiger partial charge in [-0.1, -0.05) is 41.4 Å². The third-order valence-corrected chi connectivity index (χ3v) is 8.34. The first-order valence-electron chi connectivity index (χ1n) is 9.88. The molecule has 1 aliphatic rings. The Morgan fingerprint density at radius 1 is 1.03 bits per heavy atom.